The van der Waals surface area contributed by atoms with Crippen molar-refractivity contribution in [1.29, 1.82) is 0 Å². The molecule has 0 bridgehead atoms. The van der Waals surface area contributed by atoms with Gasteiger partial charge >= 0.3 is 0 Å². The van der Waals surface area contributed by atoms with Gasteiger partial charge in [0.05, 0.1) is 28.6 Å². The molecule has 4 aliphatic heterocycles. The van der Waals surface area contributed by atoms with Gasteiger partial charge in [-0.15, -0.1) is 0 Å². The van der Waals surface area contributed by atoms with Crippen molar-refractivity contribution < 1.29 is 24.2 Å². The van der Waals surface area contributed by atoms with E-state index in [2.05, 4.69) is 0 Å². The summed E-state index contributed by atoms with van der Waals surface area (Å²) in [6, 6.07) is 16.0. The number of benzene rings is 2. The molecule has 2 aromatic carbocycles. The summed E-state index contributed by atoms with van der Waals surface area (Å²) < 4.78 is 6.74. The molecule has 0 aliphatic carbocycles. The normalized spacial score (nSPS) is 28.5. The molecule has 2 aromatic rings. The second-order valence-corrected chi connectivity index (χ2v) is 11.9. The summed E-state index contributed by atoms with van der Waals surface area (Å²) in [7, 11) is 0. The van der Waals surface area contributed by atoms with Gasteiger partial charge in [-0.1, -0.05) is 91.2 Å². The number of amides is 3. The number of unbranched alkanes of at least 4 members (excludes halogenated alkanes) is 3. The number of fused-ring (bicyclic) bond motifs is 2. The van der Waals surface area contributed by atoms with E-state index in [0.717, 1.165) is 18.4 Å². The van der Waals surface area contributed by atoms with Crippen molar-refractivity contribution in [2.24, 2.45) is 11.8 Å². The SMILES string of the molecule is O=C1[C@@H]2[C@H]3C(=O)N(CCCCCCO)C4C(=O)N(c5ccccc5Cl)CC=C[C@@]43O[C@@H]2C=CCN1Cc1ccccc1. The van der Waals surface area contributed by atoms with Gasteiger partial charge in [-0.05, 0) is 30.5 Å². The number of halogens is 1. The van der Waals surface area contributed by atoms with Gasteiger partial charge in [0.1, 0.15) is 11.6 Å². The molecule has 5 atom stereocenters. The number of ether oxygens (including phenoxy) is 1. The van der Waals surface area contributed by atoms with Gasteiger partial charge in [-0.2, -0.15) is 0 Å². The van der Waals surface area contributed by atoms with Crippen LogP contribution in [-0.2, 0) is 25.7 Å². The lowest BCUT2D eigenvalue weighted by Crippen LogP contribution is -2.55. The summed E-state index contributed by atoms with van der Waals surface area (Å²) in [5.74, 6) is -2.21. The summed E-state index contributed by atoms with van der Waals surface area (Å²) in [5, 5.41) is 9.63. The summed E-state index contributed by atoms with van der Waals surface area (Å²) >= 11 is 6.54. The highest BCUT2D eigenvalue weighted by Gasteiger charge is 2.71. The van der Waals surface area contributed by atoms with Crippen LogP contribution in [0.4, 0.5) is 5.69 Å². The highest BCUT2D eigenvalue weighted by atomic mass is 35.5. The molecule has 4 aliphatic rings. The van der Waals surface area contributed by atoms with Gasteiger partial charge in [-0.3, -0.25) is 14.4 Å². The molecule has 9 heteroatoms. The Morgan fingerprint density at radius 2 is 1.64 bits per heavy atom. The Morgan fingerprint density at radius 3 is 2.43 bits per heavy atom. The molecular formula is C33H36ClN3O5. The first-order valence-corrected chi connectivity index (χ1v) is 15.2. The second-order valence-electron chi connectivity index (χ2n) is 11.4. The van der Waals surface area contributed by atoms with E-state index >= 15 is 0 Å². The van der Waals surface area contributed by atoms with E-state index in [1.165, 1.54) is 0 Å². The molecule has 0 aromatic heterocycles. The third-order valence-electron chi connectivity index (χ3n) is 8.91. The molecule has 1 spiro atoms. The minimum absolute atomic E-state index is 0.124. The number of aliphatic hydroxyl groups is 1. The largest absolute Gasteiger partial charge is 0.396 e. The van der Waals surface area contributed by atoms with Crippen molar-refractivity contribution in [1.82, 2.24) is 9.80 Å². The van der Waals surface area contributed by atoms with E-state index in [0.29, 0.717) is 43.2 Å². The number of rotatable bonds is 9. The van der Waals surface area contributed by atoms with Crippen LogP contribution in [0.25, 0.3) is 0 Å². The number of anilines is 1. The van der Waals surface area contributed by atoms with Crippen molar-refractivity contribution in [3.05, 3.63) is 89.5 Å². The summed E-state index contributed by atoms with van der Waals surface area (Å²) in [4.78, 5) is 48.1. The minimum atomic E-state index is -1.28. The van der Waals surface area contributed by atoms with Crippen LogP contribution < -0.4 is 4.90 Å². The first-order valence-electron chi connectivity index (χ1n) is 14.8. The maximum absolute atomic E-state index is 14.5. The molecule has 1 N–H and O–H groups in total. The average Bonchev–Trinajstić information content (AvgIpc) is 3.31. The highest BCUT2D eigenvalue weighted by molar-refractivity contribution is 6.34. The molecule has 3 amide bonds. The molecule has 4 heterocycles. The molecular weight excluding hydrogens is 554 g/mol. The van der Waals surface area contributed by atoms with Gasteiger partial charge in [0.25, 0.3) is 5.91 Å². The Kier molecular flexibility index (Phi) is 8.21. The van der Waals surface area contributed by atoms with Gasteiger partial charge in [0, 0.05) is 32.8 Å². The third-order valence-corrected chi connectivity index (χ3v) is 9.23. The number of carbonyl (C=O) groups is 3. The number of aliphatic hydroxyl groups excluding tert-OH is 1. The molecule has 42 heavy (non-hydrogen) atoms. The van der Waals surface area contributed by atoms with Gasteiger partial charge in [0.15, 0.2) is 0 Å². The first kappa shape index (κ1) is 28.6. The summed E-state index contributed by atoms with van der Waals surface area (Å²) in [5.41, 5.74) is 0.300. The van der Waals surface area contributed by atoms with E-state index < -0.39 is 29.6 Å². The average molecular weight is 590 g/mol. The molecule has 220 valence electrons. The smallest absolute Gasteiger partial charge is 0.253 e. The van der Waals surface area contributed by atoms with Crippen molar-refractivity contribution in [3.63, 3.8) is 0 Å². The number of nitrogens with zero attached hydrogens (tertiary/aromatic N) is 3. The zero-order valence-electron chi connectivity index (χ0n) is 23.5. The molecule has 2 fully saturated rings. The lowest BCUT2D eigenvalue weighted by molar-refractivity contribution is -0.144. The van der Waals surface area contributed by atoms with Crippen LogP contribution in [0, 0.1) is 11.8 Å². The first-order chi connectivity index (χ1) is 20.5. The highest BCUT2D eigenvalue weighted by Crippen LogP contribution is 2.54. The fourth-order valence-corrected chi connectivity index (χ4v) is 7.25. The van der Waals surface area contributed by atoms with Crippen molar-refractivity contribution in [3.8, 4) is 0 Å². The van der Waals surface area contributed by atoms with Crippen LogP contribution in [0.15, 0.2) is 78.9 Å². The third kappa shape index (κ3) is 4.95. The molecule has 6 rings (SSSR count). The van der Waals surface area contributed by atoms with E-state index in [1.54, 1.807) is 26.8 Å². The molecule has 0 saturated carbocycles. The standard InChI is InChI=1S/C33H36ClN3O5/c34-24-14-6-7-15-25(24)36-20-11-17-33-28(31(40)37(29(33)32(36)41)19-8-1-2-9-21-38)27-26(42-33)16-10-18-35(30(27)39)22-23-12-4-3-5-13-23/h3-7,10-17,26-29,38H,1-2,8-9,18-22H2/t26-,27+,28+,29?,33+/m1/s1. The van der Waals surface area contributed by atoms with Crippen LogP contribution in [0.5, 0.6) is 0 Å². The van der Waals surface area contributed by atoms with Gasteiger partial charge in [-0.25, -0.2) is 0 Å². The molecule has 8 nitrogen and oxygen atoms in total. The number of carbonyl (C=O) groups excluding carboxylic acids is 3. The predicted molar refractivity (Wildman–Crippen MR) is 160 cm³/mol. The van der Waals surface area contributed by atoms with Crippen LogP contribution in [-0.4, -0.2) is 76.6 Å². The topological polar surface area (TPSA) is 90.4 Å². The minimum Gasteiger partial charge on any atom is -0.396 e. The lowest BCUT2D eigenvalue weighted by Gasteiger charge is -2.35. The number of hydrogen-bond acceptors (Lipinski definition) is 5. The van der Waals surface area contributed by atoms with Crippen LogP contribution >= 0.6 is 11.6 Å². The lowest BCUT2D eigenvalue weighted by atomic mass is 9.77. The number of para-hydroxylation sites is 1. The van der Waals surface area contributed by atoms with Crippen LogP contribution in [0.3, 0.4) is 0 Å². The summed E-state index contributed by atoms with van der Waals surface area (Å²) in [6.45, 7) is 1.61. The van der Waals surface area contributed by atoms with Gasteiger partial charge < -0.3 is 24.5 Å². The van der Waals surface area contributed by atoms with Gasteiger partial charge in [0.2, 0.25) is 11.8 Å². The number of hydrogen-bond donors (Lipinski definition) is 1. The maximum Gasteiger partial charge on any atom is 0.253 e. The van der Waals surface area contributed by atoms with E-state index in [9.17, 15) is 19.5 Å². The molecule has 2 saturated heterocycles. The van der Waals surface area contributed by atoms with Crippen molar-refractivity contribution in [2.45, 2.75) is 50.0 Å². The second kappa shape index (κ2) is 12.0. The predicted octanol–water partition coefficient (Wildman–Crippen LogP) is 3.97. The van der Waals surface area contributed by atoms with E-state index in [1.807, 2.05) is 66.8 Å². The fraction of sp³-hybridized carbons (Fsp3) is 0.424. The van der Waals surface area contributed by atoms with E-state index in [4.69, 9.17) is 16.3 Å². The Labute approximate surface area is 251 Å². The van der Waals surface area contributed by atoms with Crippen LogP contribution in [0.2, 0.25) is 5.02 Å². The quantitative estimate of drug-likeness (QED) is 0.353. The Hall–Kier alpha value is -3.46. The zero-order valence-corrected chi connectivity index (χ0v) is 24.2. The molecule has 0 radical (unpaired) electrons. The Balaban J connectivity index is 1.36. The Morgan fingerprint density at radius 1 is 0.881 bits per heavy atom. The zero-order chi connectivity index (χ0) is 29.3. The van der Waals surface area contributed by atoms with Crippen molar-refractivity contribution in [2.75, 3.05) is 31.1 Å². The van der Waals surface area contributed by atoms with Crippen molar-refractivity contribution >= 4 is 35.0 Å². The fourth-order valence-electron chi connectivity index (χ4n) is 7.01. The monoisotopic (exact) mass is 589 g/mol. The maximum atomic E-state index is 14.5. The van der Waals surface area contributed by atoms with E-state index in [-0.39, 0.29) is 30.9 Å². The number of likely N-dealkylation sites (tertiary alicyclic amines) is 1. The Bertz CT molecular complexity index is 1400. The molecule has 1 unspecified atom stereocenters. The summed E-state index contributed by atoms with van der Waals surface area (Å²) in [6.07, 6.45) is 9.94. The van der Waals surface area contributed by atoms with Crippen LogP contribution in [0.1, 0.15) is 31.2 Å².